The average molecular weight is 1060 g/mol. The smallest absolute Gasteiger partial charge is 0.545 e. The van der Waals surface area contributed by atoms with Gasteiger partial charge in [-0.05, 0) is 75.1 Å². The van der Waals surface area contributed by atoms with Crippen molar-refractivity contribution < 1.29 is 99.5 Å². The SMILES string of the molecule is CCOC(=O)c1cccc(Sc2c(C3CC3)n(CC(=O)O)c3c(F)c(Cl)ccc23)c1F.O=C([O-])c1cccc(Sc2c(C3CC3)n(CC(=O)N3CCC(O)(C(F)(F)F)C3)c3c(F)c(Cl)ccc23)c1F.[Na+]. The third-order valence-corrected chi connectivity index (χ3v) is 14.8. The Morgan fingerprint density at radius 3 is 1.66 bits per heavy atom. The Kier molecular flexibility index (Phi) is 16.0. The number of esters is 1. The molecule has 2 N–H and O–H groups in total. The molecule has 9 rings (SSSR count). The van der Waals surface area contributed by atoms with Crippen LogP contribution in [-0.4, -0.2) is 79.5 Å². The summed E-state index contributed by atoms with van der Waals surface area (Å²) >= 11 is 13.9. The van der Waals surface area contributed by atoms with Gasteiger partial charge in [-0.1, -0.05) is 64.9 Å². The van der Waals surface area contributed by atoms with Crippen LogP contribution in [-0.2, 0) is 27.4 Å². The summed E-state index contributed by atoms with van der Waals surface area (Å²) in [7, 11) is 0. The van der Waals surface area contributed by atoms with Crippen LogP contribution in [0.4, 0.5) is 30.7 Å². The number of rotatable bonds is 13. The summed E-state index contributed by atoms with van der Waals surface area (Å²) in [6.07, 6.45) is -2.61. The van der Waals surface area contributed by atoms with Crippen molar-refractivity contribution in [3.63, 3.8) is 0 Å². The number of carbonyl (C=O) groups is 4. The second-order valence-corrected chi connectivity index (χ2v) is 19.5. The third-order valence-electron chi connectivity index (χ3n) is 11.9. The fraction of sp³-hybridized carbons (Fsp3) is 0.319. The number of alkyl halides is 3. The van der Waals surface area contributed by atoms with Crippen molar-refractivity contribution in [1.82, 2.24) is 14.0 Å². The molecule has 1 amide bonds. The summed E-state index contributed by atoms with van der Waals surface area (Å²) in [6, 6.07) is 13.9. The summed E-state index contributed by atoms with van der Waals surface area (Å²) in [5.41, 5.74) is -2.74. The van der Waals surface area contributed by atoms with E-state index in [4.69, 9.17) is 27.9 Å². The number of hydrogen-bond donors (Lipinski definition) is 2. The second kappa shape index (κ2) is 21.0. The van der Waals surface area contributed by atoms with Crippen LogP contribution in [0.5, 0.6) is 0 Å². The van der Waals surface area contributed by atoms with E-state index in [0.717, 1.165) is 47.3 Å². The number of likely N-dealkylation sites (tertiary alicyclic amines) is 1. The molecule has 3 heterocycles. The molecule has 11 nitrogen and oxygen atoms in total. The van der Waals surface area contributed by atoms with Crippen molar-refractivity contribution in [1.29, 1.82) is 0 Å². The van der Waals surface area contributed by atoms with Gasteiger partial charge in [0.2, 0.25) is 5.91 Å². The number of aliphatic carboxylic acids is 1. The summed E-state index contributed by atoms with van der Waals surface area (Å²) < 4.78 is 108. The first-order chi connectivity index (χ1) is 32.6. The van der Waals surface area contributed by atoms with E-state index in [2.05, 4.69) is 0 Å². The number of halogens is 9. The van der Waals surface area contributed by atoms with E-state index in [1.807, 2.05) is 0 Å². The van der Waals surface area contributed by atoms with Crippen LogP contribution in [0.25, 0.3) is 21.8 Å². The Morgan fingerprint density at radius 2 is 1.23 bits per heavy atom. The number of β-amino-alcohol motifs (C(OH)–C–C–N with tert-alkyl or cyclic N) is 1. The Morgan fingerprint density at radius 1 is 0.757 bits per heavy atom. The molecule has 2 aliphatic carbocycles. The first-order valence-electron chi connectivity index (χ1n) is 21.3. The summed E-state index contributed by atoms with van der Waals surface area (Å²) in [5, 5.41) is 31.1. The third kappa shape index (κ3) is 10.4. The van der Waals surface area contributed by atoms with E-state index in [0.29, 0.717) is 39.4 Å². The van der Waals surface area contributed by atoms with E-state index < -0.39 is 90.5 Å². The standard InChI is InChI=1S/C25H20ClF5N2O4S.C22H18ClF2NO4S.Na/c26-15-7-6-14-21(19(15)28)33(10-17(34)32-9-8-24(37,11-32)25(29,30)31)20(12-4-5-12)22(14)38-16-3-1-2-13(18(16)27)23(35)36;1-2-30-22(29)12-4-3-5-15(17(12)24)31-21-13-8-9-14(23)18(25)20(13)26(10-16(27)28)19(21)11-6-7-11;/h1-3,6-7,12,37H,4-5,8-11H2,(H,35,36);3-5,8-9,11H,2,6-7,10H2,1H3,(H,27,28);/q;;+1/p-1. The van der Waals surface area contributed by atoms with Crippen LogP contribution in [0, 0.1) is 23.3 Å². The van der Waals surface area contributed by atoms with Crippen molar-refractivity contribution >= 4 is 92.3 Å². The molecule has 364 valence electrons. The van der Waals surface area contributed by atoms with E-state index in [1.165, 1.54) is 51.6 Å². The molecule has 23 heteroatoms. The van der Waals surface area contributed by atoms with Crippen molar-refractivity contribution in [2.75, 3.05) is 19.7 Å². The van der Waals surface area contributed by atoms with Gasteiger partial charge in [0, 0.05) is 72.1 Å². The number of carboxylic acids is 2. The molecule has 3 fully saturated rings. The fourth-order valence-corrected chi connectivity index (χ4v) is 11.1. The van der Waals surface area contributed by atoms with Gasteiger partial charge in [-0.3, -0.25) is 9.59 Å². The molecule has 2 aromatic heterocycles. The van der Waals surface area contributed by atoms with Crippen molar-refractivity contribution in [2.45, 2.75) is 95.3 Å². The largest absolute Gasteiger partial charge is 1.00 e. The van der Waals surface area contributed by atoms with Crippen LogP contribution >= 0.6 is 46.7 Å². The number of hydrogen-bond acceptors (Lipinski definition) is 9. The van der Waals surface area contributed by atoms with Crippen LogP contribution in [0.2, 0.25) is 10.0 Å². The van der Waals surface area contributed by atoms with Gasteiger partial charge in [0.05, 0.1) is 45.8 Å². The molecule has 1 aliphatic heterocycles. The maximum absolute atomic E-state index is 15.4. The van der Waals surface area contributed by atoms with Crippen molar-refractivity contribution in [3.8, 4) is 0 Å². The minimum Gasteiger partial charge on any atom is -0.545 e. The van der Waals surface area contributed by atoms with Gasteiger partial charge in [0.1, 0.15) is 18.9 Å². The monoisotopic (exact) mass is 1060 g/mol. The molecule has 0 spiro atoms. The molecule has 6 aromatic rings. The van der Waals surface area contributed by atoms with Gasteiger partial charge >= 0.3 is 47.7 Å². The quantitative estimate of drug-likeness (QED) is 0.0682. The predicted molar refractivity (Wildman–Crippen MR) is 239 cm³/mol. The Balaban J connectivity index is 0.000000208. The molecule has 3 aliphatic rings. The molecule has 1 unspecified atom stereocenters. The molecule has 1 saturated heterocycles. The van der Waals surface area contributed by atoms with Gasteiger partial charge in [0.25, 0.3) is 0 Å². The zero-order valence-electron chi connectivity index (χ0n) is 36.9. The normalized spacial score (nSPS) is 16.8. The summed E-state index contributed by atoms with van der Waals surface area (Å²) in [5.74, 6) is -7.79. The number of carbonyl (C=O) groups excluding carboxylic acids is 3. The number of benzene rings is 4. The number of aromatic nitrogens is 2. The second-order valence-electron chi connectivity index (χ2n) is 16.6. The van der Waals surface area contributed by atoms with E-state index in [1.54, 1.807) is 19.1 Å². The van der Waals surface area contributed by atoms with Gasteiger partial charge in [-0.25, -0.2) is 22.4 Å². The van der Waals surface area contributed by atoms with Crippen LogP contribution in [0.1, 0.15) is 83.0 Å². The average Bonchev–Trinajstić information content (AvgIpc) is 4.22. The number of carboxylic acid groups (broad SMARTS) is 2. The number of nitrogens with zero attached hydrogens (tertiary/aromatic N) is 3. The van der Waals surface area contributed by atoms with E-state index in [9.17, 15) is 56.4 Å². The van der Waals surface area contributed by atoms with E-state index >= 15 is 8.78 Å². The first-order valence-corrected chi connectivity index (χ1v) is 23.6. The van der Waals surface area contributed by atoms with Crippen LogP contribution in [0.3, 0.4) is 0 Å². The molecule has 4 aromatic carbocycles. The van der Waals surface area contributed by atoms with Gasteiger partial charge < -0.3 is 38.9 Å². The first kappa shape index (κ1) is 53.4. The summed E-state index contributed by atoms with van der Waals surface area (Å²) in [4.78, 5) is 50.0. The Bertz CT molecular complexity index is 3090. The number of ether oxygens (including phenoxy) is 1. The van der Waals surface area contributed by atoms with Crippen molar-refractivity contribution in [3.05, 3.63) is 116 Å². The number of aromatic carboxylic acids is 1. The predicted octanol–water partition coefficient (Wildman–Crippen LogP) is 7.36. The number of aliphatic hydroxyl groups is 1. The maximum atomic E-state index is 15.4. The molecule has 0 radical (unpaired) electrons. The number of amides is 1. The summed E-state index contributed by atoms with van der Waals surface area (Å²) in [6.45, 7) is -0.503. The molecule has 0 bridgehead atoms. The zero-order chi connectivity index (χ0) is 49.9. The van der Waals surface area contributed by atoms with Crippen LogP contribution < -0.4 is 34.7 Å². The molecular weight excluding hydrogens is 1030 g/mol. The minimum absolute atomic E-state index is 0. The Labute approximate surface area is 434 Å². The van der Waals surface area contributed by atoms with E-state index in [-0.39, 0.29) is 96.4 Å². The molecule has 1 atom stereocenters. The maximum Gasteiger partial charge on any atom is 1.00 e. The molecular formula is C47H37Cl2F7N3NaO8S2. The van der Waals surface area contributed by atoms with Gasteiger partial charge in [-0.15, -0.1) is 0 Å². The zero-order valence-corrected chi connectivity index (χ0v) is 42.0. The van der Waals surface area contributed by atoms with Crippen LogP contribution in [0.15, 0.2) is 80.2 Å². The number of fused-ring (bicyclic) bond motifs is 2. The topological polar surface area (TPSA) is 154 Å². The Hall–Kier alpha value is -4.41. The fourth-order valence-electron chi connectivity index (χ4n) is 8.34. The van der Waals surface area contributed by atoms with Crippen molar-refractivity contribution in [2.24, 2.45) is 0 Å². The minimum atomic E-state index is -4.92. The van der Waals surface area contributed by atoms with Gasteiger partial charge in [0.15, 0.2) is 23.1 Å². The molecule has 2 saturated carbocycles. The molecule has 70 heavy (non-hydrogen) atoms. The van der Waals surface area contributed by atoms with Gasteiger partial charge in [-0.2, -0.15) is 13.2 Å².